The average Bonchev–Trinajstić information content (AvgIpc) is 2.75. The Kier molecular flexibility index (Phi) is 11.3. The number of aliphatic hydroxyl groups excluding tert-OH is 1. The van der Waals surface area contributed by atoms with Crippen LogP contribution in [0.5, 0.6) is 0 Å². The van der Waals surface area contributed by atoms with Crippen molar-refractivity contribution in [2.75, 3.05) is 13.1 Å². The second-order valence-corrected chi connectivity index (χ2v) is 9.32. The van der Waals surface area contributed by atoms with Crippen molar-refractivity contribution in [1.82, 2.24) is 4.90 Å². The number of carbonyl (C=O) groups excluding carboxylic acids is 1. The molecule has 4 nitrogen and oxygen atoms in total. The smallest absolute Gasteiger partial charge is 0.225 e. The SMILES string of the molecule is CCCN(CCC)C(=O)C[C@]1(O)CCC[C@H](/C=C/C(O)CCCCc2ccccc2)C1. The van der Waals surface area contributed by atoms with Gasteiger partial charge in [0.2, 0.25) is 5.91 Å². The summed E-state index contributed by atoms with van der Waals surface area (Å²) >= 11 is 0. The van der Waals surface area contributed by atoms with Gasteiger partial charge in [-0.25, -0.2) is 0 Å². The zero-order valence-electron chi connectivity index (χ0n) is 19.6. The Hall–Kier alpha value is -1.65. The van der Waals surface area contributed by atoms with Crippen molar-refractivity contribution in [2.45, 2.75) is 96.2 Å². The lowest BCUT2D eigenvalue weighted by atomic mass is 9.76. The molecule has 0 heterocycles. The molecule has 0 aromatic heterocycles. The first-order chi connectivity index (χ1) is 15.0. The summed E-state index contributed by atoms with van der Waals surface area (Å²) in [6, 6.07) is 10.5. The van der Waals surface area contributed by atoms with E-state index in [0.29, 0.717) is 12.8 Å². The van der Waals surface area contributed by atoms with Crippen LogP contribution in [0.15, 0.2) is 42.5 Å². The van der Waals surface area contributed by atoms with Crippen LogP contribution >= 0.6 is 0 Å². The van der Waals surface area contributed by atoms with E-state index in [2.05, 4.69) is 44.2 Å². The standard InChI is InChI=1S/C27H43NO3/c1-3-19-28(20-4-2)26(30)22-27(31)18-10-14-24(21-27)16-17-25(29)15-9-8-13-23-11-6-5-7-12-23/h5-7,11-12,16-17,24-25,29,31H,3-4,8-10,13-15,18-22H2,1-2H3/b17-16+/t24-,25?,27+/m1/s1. The number of amides is 1. The highest BCUT2D eigenvalue weighted by molar-refractivity contribution is 5.77. The molecule has 1 aliphatic carbocycles. The Balaban J connectivity index is 1.75. The summed E-state index contributed by atoms with van der Waals surface area (Å²) in [6.07, 6.45) is 12.8. The predicted octanol–water partition coefficient (Wildman–Crippen LogP) is 5.28. The van der Waals surface area contributed by atoms with Gasteiger partial charge in [0, 0.05) is 13.1 Å². The molecular weight excluding hydrogens is 386 g/mol. The fraction of sp³-hybridized carbons (Fsp3) is 0.667. The molecule has 1 fully saturated rings. The van der Waals surface area contributed by atoms with Crippen molar-refractivity contribution in [2.24, 2.45) is 5.92 Å². The molecule has 1 saturated carbocycles. The van der Waals surface area contributed by atoms with Gasteiger partial charge in [-0.2, -0.15) is 0 Å². The lowest BCUT2D eigenvalue weighted by molar-refractivity contribution is -0.138. The number of allylic oxidation sites excluding steroid dienone is 1. The zero-order chi connectivity index (χ0) is 22.5. The van der Waals surface area contributed by atoms with Gasteiger partial charge in [-0.05, 0) is 69.3 Å². The summed E-state index contributed by atoms with van der Waals surface area (Å²) in [5.74, 6) is 0.311. The highest BCUT2D eigenvalue weighted by atomic mass is 16.3. The number of hydrogen-bond acceptors (Lipinski definition) is 3. The maximum atomic E-state index is 12.7. The molecule has 2 rings (SSSR count). The predicted molar refractivity (Wildman–Crippen MR) is 128 cm³/mol. The third-order valence-corrected chi connectivity index (χ3v) is 6.34. The number of unbranched alkanes of at least 4 members (excludes halogenated alkanes) is 1. The molecule has 174 valence electrons. The molecule has 3 atom stereocenters. The zero-order valence-corrected chi connectivity index (χ0v) is 19.6. The first-order valence-corrected chi connectivity index (χ1v) is 12.4. The van der Waals surface area contributed by atoms with E-state index in [-0.39, 0.29) is 18.2 Å². The third kappa shape index (κ3) is 9.57. The van der Waals surface area contributed by atoms with E-state index < -0.39 is 11.7 Å². The summed E-state index contributed by atoms with van der Waals surface area (Å²) in [6.45, 7) is 5.70. The molecule has 4 heteroatoms. The van der Waals surface area contributed by atoms with Crippen LogP contribution in [0.3, 0.4) is 0 Å². The van der Waals surface area contributed by atoms with E-state index in [1.807, 2.05) is 17.0 Å². The molecule has 1 unspecified atom stereocenters. The molecule has 0 aliphatic heterocycles. The Morgan fingerprint density at radius 2 is 1.90 bits per heavy atom. The second kappa shape index (κ2) is 13.7. The van der Waals surface area contributed by atoms with E-state index >= 15 is 0 Å². The largest absolute Gasteiger partial charge is 0.389 e. The second-order valence-electron chi connectivity index (χ2n) is 9.32. The van der Waals surface area contributed by atoms with Gasteiger partial charge >= 0.3 is 0 Å². The molecule has 0 spiro atoms. The average molecular weight is 430 g/mol. The molecule has 0 radical (unpaired) electrons. The van der Waals surface area contributed by atoms with Crippen molar-refractivity contribution in [3.63, 3.8) is 0 Å². The van der Waals surface area contributed by atoms with Crippen molar-refractivity contribution < 1.29 is 15.0 Å². The Morgan fingerprint density at radius 1 is 1.19 bits per heavy atom. The van der Waals surface area contributed by atoms with Gasteiger partial charge in [0.25, 0.3) is 0 Å². The van der Waals surface area contributed by atoms with Crippen LogP contribution < -0.4 is 0 Å². The first kappa shape index (κ1) is 25.6. The van der Waals surface area contributed by atoms with E-state index in [4.69, 9.17) is 0 Å². The number of aryl methyl sites for hydroxylation is 1. The van der Waals surface area contributed by atoms with Gasteiger partial charge in [-0.1, -0.05) is 62.8 Å². The minimum Gasteiger partial charge on any atom is -0.389 e. The van der Waals surface area contributed by atoms with E-state index in [1.54, 1.807) is 0 Å². The van der Waals surface area contributed by atoms with Crippen LogP contribution in [0.25, 0.3) is 0 Å². The molecule has 2 N–H and O–H groups in total. The fourth-order valence-corrected chi connectivity index (χ4v) is 4.71. The molecular formula is C27H43NO3. The van der Waals surface area contributed by atoms with Crippen LogP contribution in [-0.4, -0.2) is 45.8 Å². The van der Waals surface area contributed by atoms with E-state index in [1.165, 1.54) is 5.56 Å². The third-order valence-electron chi connectivity index (χ3n) is 6.34. The molecule has 31 heavy (non-hydrogen) atoms. The summed E-state index contributed by atoms with van der Waals surface area (Å²) in [5, 5.41) is 21.4. The van der Waals surface area contributed by atoms with Crippen LogP contribution in [0, 0.1) is 5.92 Å². The Morgan fingerprint density at radius 3 is 2.58 bits per heavy atom. The topological polar surface area (TPSA) is 60.8 Å². The normalized spacial score (nSPS) is 22.5. The van der Waals surface area contributed by atoms with Crippen molar-refractivity contribution in [3.05, 3.63) is 48.0 Å². The molecule has 1 aliphatic rings. The monoisotopic (exact) mass is 429 g/mol. The van der Waals surface area contributed by atoms with Gasteiger partial charge in [0.05, 0.1) is 18.1 Å². The van der Waals surface area contributed by atoms with Crippen molar-refractivity contribution >= 4 is 5.91 Å². The number of nitrogens with zero attached hydrogens (tertiary/aromatic N) is 1. The quantitative estimate of drug-likeness (QED) is 0.331. The lowest BCUT2D eigenvalue weighted by Crippen LogP contribution is -2.42. The fourth-order valence-electron chi connectivity index (χ4n) is 4.71. The maximum absolute atomic E-state index is 12.7. The summed E-state index contributed by atoms with van der Waals surface area (Å²) in [7, 11) is 0. The molecule has 1 aromatic rings. The lowest BCUT2D eigenvalue weighted by Gasteiger charge is -2.37. The molecule has 1 amide bonds. The first-order valence-electron chi connectivity index (χ1n) is 12.4. The highest BCUT2D eigenvalue weighted by Crippen LogP contribution is 2.36. The van der Waals surface area contributed by atoms with Gasteiger partial charge in [0.1, 0.15) is 0 Å². The Bertz CT molecular complexity index is 654. The highest BCUT2D eigenvalue weighted by Gasteiger charge is 2.36. The summed E-state index contributed by atoms with van der Waals surface area (Å²) in [4.78, 5) is 14.6. The van der Waals surface area contributed by atoms with Crippen LogP contribution in [0.1, 0.15) is 83.6 Å². The number of aliphatic hydroxyl groups is 2. The number of rotatable bonds is 13. The van der Waals surface area contributed by atoms with Crippen LogP contribution in [-0.2, 0) is 11.2 Å². The summed E-state index contributed by atoms with van der Waals surface area (Å²) < 4.78 is 0. The van der Waals surface area contributed by atoms with Gasteiger partial charge in [-0.15, -0.1) is 0 Å². The molecule has 1 aromatic carbocycles. The maximum Gasteiger partial charge on any atom is 0.225 e. The minimum absolute atomic E-state index is 0.0780. The minimum atomic E-state index is -0.912. The molecule has 0 bridgehead atoms. The van der Waals surface area contributed by atoms with Gasteiger partial charge in [-0.3, -0.25) is 4.79 Å². The number of benzene rings is 1. The number of carbonyl (C=O) groups is 1. The van der Waals surface area contributed by atoms with Crippen molar-refractivity contribution in [3.8, 4) is 0 Å². The number of hydrogen-bond donors (Lipinski definition) is 2. The van der Waals surface area contributed by atoms with Crippen LogP contribution in [0.2, 0.25) is 0 Å². The summed E-state index contributed by atoms with van der Waals surface area (Å²) in [5.41, 5.74) is 0.435. The van der Waals surface area contributed by atoms with Crippen LogP contribution in [0.4, 0.5) is 0 Å². The van der Waals surface area contributed by atoms with Gasteiger partial charge < -0.3 is 15.1 Å². The van der Waals surface area contributed by atoms with E-state index in [9.17, 15) is 15.0 Å². The molecule has 0 saturated heterocycles. The Labute approximate surface area is 189 Å². The van der Waals surface area contributed by atoms with Gasteiger partial charge in [0.15, 0.2) is 0 Å². The van der Waals surface area contributed by atoms with E-state index in [0.717, 1.165) is 64.5 Å². The van der Waals surface area contributed by atoms with Crippen molar-refractivity contribution in [1.29, 1.82) is 0 Å².